The van der Waals surface area contributed by atoms with Crippen molar-refractivity contribution in [1.82, 2.24) is 5.32 Å². The van der Waals surface area contributed by atoms with E-state index in [0.29, 0.717) is 0 Å². The van der Waals surface area contributed by atoms with Crippen LogP contribution in [0.3, 0.4) is 0 Å². The first-order valence-corrected chi connectivity index (χ1v) is 7.57. The van der Waals surface area contributed by atoms with Gasteiger partial charge in [-0.25, -0.2) is 0 Å². The van der Waals surface area contributed by atoms with Gasteiger partial charge in [0.25, 0.3) is 0 Å². The van der Waals surface area contributed by atoms with Crippen molar-refractivity contribution < 1.29 is 4.21 Å². The second-order valence-electron chi connectivity index (χ2n) is 4.91. The van der Waals surface area contributed by atoms with E-state index in [9.17, 15) is 4.21 Å². The summed E-state index contributed by atoms with van der Waals surface area (Å²) >= 11 is 0. The normalized spacial score (nSPS) is 20.8. The molecule has 17 heavy (non-hydrogen) atoms. The minimum absolute atomic E-state index is 0.179. The van der Waals surface area contributed by atoms with Gasteiger partial charge in [-0.15, -0.1) is 0 Å². The van der Waals surface area contributed by atoms with E-state index in [1.807, 2.05) is 24.3 Å². The Labute approximate surface area is 105 Å². The first kappa shape index (κ1) is 12.6. The van der Waals surface area contributed by atoms with Crippen LogP contribution in [0, 0.1) is 0 Å². The maximum Gasteiger partial charge on any atom is 0.0498 e. The molecule has 2 rings (SSSR count). The summed E-state index contributed by atoms with van der Waals surface area (Å²) in [5.74, 6) is 0. The van der Waals surface area contributed by atoms with Crippen molar-refractivity contribution in [3.63, 3.8) is 0 Å². The van der Waals surface area contributed by atoms with Crippen LogP contribution in [0.15, 0.2) is 29.2 Å². The molecule has 0 saturated carbocycles. The highest BCUT2D eigenvalue weighted by Gasteiger charge is 2.25. The molecule has 1 fully saturated rings. The number of hydrogen-bond acceptors (Lipinski definition) is 3. The van der Waals surface area contributed by atoms with Crippen molar-refractivity contribution in [3.8, 4) is 0 Å². The average Bonchev–Trinajstić information content (AvgIpc) is 2.30. The second-order valence-corrected chi connectivity index (χ2v) is 6.29. The van der Waals surface area contributed by atoms with Gasteiger partial charge in [-0.1, -0.05) is 0 Å². The van der Waals surface area contributed by atoms with Gasteiger partial charge in [0.2, 0.25) is 0 Å². The average molecular weight is 252 g/mol. The van der Waals surface area contributed by atoms with Crippen molar-refractivity contribution >= 4 is 16.5 Å². The molecule has 0 amide bonds. The van der Waals surface area contributed by atoms with Crippen molar-refractivity contribution in [1.29, 1.82) is 0 Å². The molecule has 1 saturated heterocycles. The molecular formula is C13H20N2OS. The predicted molar refractivity (Wildman–Crippen MR) is 72.9 cm³/mol. The number of rotatable bonds is 3. The molecule has 1 aliphatic heterocycles. The Hall–Kier alpha value is -0.870. The van der Waals surface area contributed by atoms with E-state index in [1.54, 1.807) is 6.26 Å². The van der Waals surface area contributed by atoms with Gasteiger partial charge in [0.15, 0.2) is 0 Å². The maximum absolute atomic E-state index is 11.3. The molecule has 1 atom stereocenters. The minimum atomic E-state index is -0.892. The van der Waals surface area contributed by atoms with Crippen LogP contribution >= 0.6 is 0 Å². The zero-order chi connectivity index (χ0) is 12.3. The van der Waals surface area contributed by atoms with Gasteiger partial charge < -0.3 is 10.6 Å². The van der Waals surface area contributed by atoms with E-state index in [0.717, 1.165) is 36.5 Å². The highest BCUT2D eigenvalue weighted by molar-refractivity contribution is 7.84. The van der Waals surface area contributed by atoms with Crippen LogP contribution in [0.2, 0.25) is 0 Å². The quantitative estimate of drug-likeness (QED) is 0.864. The molecule has 1 aliphatic rings. The third-order valence-electron chi connectivity index (χ3n) is 3.34. The predicted octanol–water partition coefficient (Wildman–Crippen LogP) is 1.98. The Morgan fingerprint density at radius 2 is 1.82 bits per heavy atom. The third-order valence-corrected chi connectivity index (χ3v) is 4.28. The van der Waals surface area contributed by atoms with Crippen LogP contribution in [0.5, 0.6) is 0 Å². The summed E-state index contributed by atoms with van der Waals surface area (Å²) in [7, 11) is -0.892. The standard InChI is InChI=1S/C13H20N2OS/c1-13(7-9-14-10-8-13)15-11-3-5-12(6-4-11)17(2)16/h3-6,14-15H,7-10H2,1-2H3. The van der Waals surface area contributed by atoms with E-state index in [-0.39, 0.29) is 5.54 Å². The van der Waals surface area contributed by atoms with Gasteiger partial charge in [-0.3, -0.25) is 4.21 Å². The molecule has 4 heteroatoms. The van der Waals surface area contributed by atoms with Crippen LogP contribution in [0.25, 0.3) is 0 Å². The molecule has 1 unspecified atom stereocenters. The monoisotopic (exact) mass is 252 g/mol. The Bertz CT molecular complexity index is 396. The lowest BCUT2D eigenvalue weighted by atomic mass is 9.90. The molecular weight excluding hydrogens is 232 g/mol. The summed E-state index contributed by atoms with van der Waals surface area (Å²) < 4.78 is 11.3. The highest BCUT2D eigenvalue weighted by Crippen LogP contribution is 2.24. The lowest BCUT2D eigenvalue weighted by Crippen LogP contribution is -2.45. The summed E-state index contributed by atoms with van der Waals surface area (Å²) in [6, 6.07) is 7.90. The first-order chi connectivity index (χ1) is 8.09. The Morgan fingerprint density at radius 1 is 1.24 bits per heavy atom. The molecule has 1 aromatic rings. The van der Waals surface area contributed by atoms with E-state index < -0.39 is 10.8 Å². The van der Waals surface area contributed by atoms with Crippen LogP contribution in [-0.4, -0.2) is 29.1 Å². The summed E-state index contributed by atoms with van der Waals surface area (Å²) in [5, 5.41) is 6.95. The molecule has 2 N–H and O–H groups in total. The third kappa shape index (κ3) is 3.30. The van der Waals surface area contributed by atoms with E-state index in [2.05, 4.69) is 17.6 Å². The zero-order valence-electron chi connectivity index (χ0n) is 10.5. The largest absolute Gasteiger partial charge is 0.380 e. The summed E-state index contributed by atoms with van der Waals surface area (Å²) in [5.41, 5.74) is 1.29. The van der Waals surface area contributed by atoms with Gasteiger partial charge in [0.1, 0.15) is 0 Å². The van der Waals surface area contributed by atoms with Gasteiger partial charge >= 0.3 is 0 Å². The summed E-state index contributed by atoms with van der Waals surface area (Å²) in [6.07, 6.45) is 3.97. The lowest BCUT2D eigenvalue weighted by Gasteiger charge is -2.36. The molecule has 3 nitrogen and oxygen atoms in total. The second kappa shape index (κ2) is 5.19. The van der Waals surface area contributed by atoms with Crippen molar-refractivity contribution in [2.45, 2.75) is 30.2 Å². The smallest absolute Gasteiger partial charge is 0.0498 e. The molecule has 94 valence electrons. The number of hydrogen-bond donors (Lipinski definition) is 2. The van der Waals surface area contributed by atoms with Crippen molar-refractivity contribution in [2.75, 3.05) is 24.7 Å². The van der Waals surface area contributed by atoms with E-state index >= 15 is 0 Å². The molecule has 1 heterocycles. The molecule has 1 aromatic carbocycles. The fourth-order valence-electron chi connectivity index (χ4n) is 2.18. The zero-order valence-corrected chi connectivity index (χ0v) is 11.3. The first-order valence-electron chi connectivity index (χ1n) is 6.01. The number of benzene rings is 1. The molecule has 0 aromatic heterocycles. The SMILES string of the molecule is CS(=O)c1ccc(NC2(C)CCNCC2)cc1. The number of piperidine rings is 1. The van der Waals surface area contributed by atoms with Crippen LogP contribution in [0.4, 0.5) is 5.69 Å². The van der Waals surface area contributed by atoms with Crippen molar-refractivity contribution in [3.05, 3.63) is 24.3 Å². The van der Waals surface area contributed by atoms with Gasteiger partial charge in [-0.2, -0.15) is 0 Å². The Balaban J connectivity index is 2.05. The van der Waals surface area contributed by atoms with Crippen molar-refractivity contribution in [2.24, 2.45) is 0 Å². The maximum atomic E-state index is 11.3. The van der Waals surface area contributed by atoms with Crippen LogP contribution in [0.1, 0.15) is 19.8 Å². The molecule has 0 aliphatic carbocycles. The Morgan fingerprint density at radius 3 is 2.35 bits per heavy atom. The van der Waals surface area contributed by atoms with Gasteiger partial charge in [-0.05, 0) is 57.1 Å². The molecule has 0 radical (unpaired) electrons. The number of anilines is 1. The van der Waals surface area contributed by atoms with Crippen LogP contribution < -0.4 is 10.6 Å². The molecule has 0 spiro atoms. The Kier molecular flexibility index (Phi) is 3.84. The number of nitrogens with one attached hydrogen (secondary N) is 2. The fourth-order valence-corrected chi connectivity index (χ4v) is 2.70. The minimum Gasteiger partial charge on any atom is -0.380 e. The van der Waals surface area contributed by atoms with E-state index in [1.165, 1.54) is 0 Å². The van der Waals surface area contributed by atoms with E-state index in [4.69, 9.17) is 0 Å². The summed E-state index contributed by atoms with van der Waals surface area (Å²) in [6.45, 7) is 4.40. The van der Waals surface area contributed by atoms with Crippen LogP contribution in [-0.2, 0) is 10.8 Å². The lowest BCUT2D eigenvalue weighted by molar-refractivity contribution is 0.365. The van der Waals surface area contributed by atoms with Gasteiger partial charge in [0, 0.05) is 33.2 Å². The van der Waals surface area contributed by atoms with Gasteiger partial charge in [0.05, 0.1) is 0 Å². The summed E-state index contributed by atoms with van der Waals surface area (Å²) in [4.78, 5) is 0.881. The molecule has 0 bridgehead atoms. The fraction of sp³-hybridized carbons (Fsp3) is 0.538. The topological polar surface area (TPSA) is 41.1 Å². The highest BCUT2D eigenvalue weighted by atomic mass is 32.2.